The minimum atomic E-state index is -0.489. The zero-order valence-electron chi connectivity index (χ0n) is 10.2. The number of Topliss-reactive ketones (excluding diaryl/α,β-unsaturated/α-hetero) is 1. The average Bonchev–Trinajstić information content (AvgIpc) is 2.36. The van der Waals surface area contributed by atoms with E-state index in [1.54, 1.807) is 24.3 Å². The number of hydrogen-bond donors (Lipinski definition) is 0. The molecule has 0 heterocycles. The molecule has 2 aromatic rings. The summed E-state index contributed by atoms with van der Waals surface area (Å²) in [7, 11) is 0. The molecule has 2 aromatic carbocycles. The van der Waals surface area contributed by atoms with Crippen LogP contribution in [-0.4, -0.2) is 5.78 Å². The van der Waals surface area contributed by atoms with Gasteiger partial charge < -0.3 is 0 Å². The normalized spacial score (nSPS) is 10.5. The molecule has 0 spiro atoms. The van der Waals surface area contributed by atoms with Crippen LogP contribution in [0.5, 0.6) is 0 Å². The van der Waals surface area contributed by atoms with Crippen LogP contribution in [0.3, 0.4) is 0 Å². The van der Waals surface area contributed by atoms with Crippen molar-refractivity contribution in [2.75, 3.05) is 0 Å². The highest BCUT2D eigenvalue weighted by Crippen LogP contribution is 2.20. The molecule has 0 saturated carbocycles. The summed E-state index contributed by atoms with van der Waals surface area (Å²) in [4.78, 5) is 12.2. The molecule has 0 saturated heterocycles. The molecule has 0 aliphatic carbocycles. The molecular weight excluding hydrogens is 286 g/mol. The number of hydrogen-bond acceptors (Lipinski definition) is 1. The van der Waals surface area contributed by atoms with Crippen LogP contribution in [0.1, 0.15) is 21.5 Å². The van der Waals surface area contributed by atoms with Gasteiger partial charge in [-0.2, -0.15) is 0 Å². The van der Waals surface area contributed by atoms with E-state index in [1.807, 2.05) is 6.92 Å². The Labute approximate surface area is 121 Å². The first-order valence-corrected chi connectivity index (χ1v) is 6.46. The standard InChI is InChI=1S/C15H11Cl2FO/c1-9-2-4-11(16)8-12(9)15(19)7-10-3-5-14(18)13(17)6-10/h2-6,8H,7H2,1H3. The minimum Gasteiger partial charge on any atom is -0.294 e. The summed E-state index contributed by atoms with van der Waals surface area (Å²) in [5, 5.41) is 0.541. The van der Waals surface area contributed by atoms with Crippen LogP contribution < -0.4 is 0 Å². The Bertz CT molecular complexity index is 638. The second kappa shape index (κ2) is 5.72. The third kappa shape index (κ3) is 3.34. The minimum absolute atomic E-state index is 0.0214. The number of carbonyl (C=O) groups excluding carboxylic acids is 1. The summed E-state index contributed by atoms with van der Waals surface area (Å²) in [5.74, 6) is -0.556. The summed E-state index contributed by atoms with van der Waals surface area (Å²) in [6, 6.07) is 9.46. The van der Waals surface area contributed by atoms with Crippen LogP contribution >= 0.6 is 23.2 Å². The predicted octanol–water partition coefficient (Wildman–Crippen LogP) is 4.87. The number of rotatable bonds is 3. The van der Waals surface area contributed by atoms with E-state index in [4.69, 9.17) is 23.2 Å². The fourth-order valence-electron chi connectivity index (χ4n) is 1.82. The third-order valence-electron chi connectivity index (χ3n) is 2.85. The van der Waals surface area contributed by atoms with Gasteiger partial charge in [0.2, 0.25) is 0 Å². The van der Waals surface area contributed by atoms with Crippen molar-refractivity contribution in [1.29, 1.82) is 0 Å². The van der Waals surface area contributed by atoms with Crippen molar-refractivity contribution in [1.82, 2.24) is 0 Å². The lowest BCUT2D eigenvalue weighted by molar-refractivity contribution is 0.0992. The van der Waals surface area contributed by atoms with Gasteiger partial charge in [0.05, 0.1) is 5.02 Å². The smallest absolute Gasteiger partial charge is 0.167 e. The first-order chi connectivity index (χ1) is 8.97. The molecular formula is C15H11Cl2FO. The van der Waals surface area contributed by atoms with E-state index < -0.39 is 5.82 Å². The van der Waals surface area contributed by atoms with Crippen LogP contribution in [-0.2, 0) is 6.42 Å². The lowest BCUT2D eigenvalue weighted by atomic mass is 9.99. The average molecular weight is 297 g/mol. The lowest BCUT2D eigenvalue weighted by Crippen LogP contribution is -2.05. The Morgan fingerprint density at radius 3 is 2.58 bits per heavy atom. The van der Waals surface area contributed by atoms with Crippen LogP contribution in [0.2, 0.25) is 10.0 Å². The molecule has 4 heteroatoms. The number of halogens is 3. The third-order valence-corrected chi connectivity index (χ3v) is 3.37. The van der Waals surface area contributed by atoms with Gasteiger partial charge in [-0.05, 0) is 42.3 Å². The summed E-state index contributed by atoms with van der Waals surface area (Å²) >= 11 is 11.6. The van der Waals surface area contributed by atoms with Crippen LogP contribution in [0, 0.1) is 12.7 Å². The van der Waals surface area contributed by atoms with Gasteiger partial charge >= 0.3 is 0 Å². The molecule has 0 aliphatic rings. The van der Waals surface area contributed by atoms with Crippen molar-refractivity contribution in [2.24, 2.45) is 0 Å². The van der Waals surface area contributed by atoms with Crippen molar-refractivity contribution >= 4 is 29.0 Å². The Balaban J connectivity index is 2.25. The maximum absolute atomic E-state index is 13.0. The lowest BCUT2D eigenvalue weighted by Gasteiger charge is -2.06. The number of aryl methyl sites for hydroxylation is 1. The van der Waals surface area contributed by atoms with Gasteiger partial charge in [0, 0.05) is 17.0 Å². The van der Waals surface area contributed by atoms with Gasteiger partial charge in [-0.15, -0.1) is 0 Å². The summed E-state index contributed by atoms with van der Waals surface area (Å²) in [6.45, 7) is 1.85. The van der Waals surface area contributed by atoms with Crippen LogP contribution in [0.15, 0.2) is 36.4 Å². The fraction of sp³-hybridized carbons (Fsp3) is 0.133. The highest BCUT2D eigenvalue weighted by molar-refractivity contribution is 6.31. The quantitative estimate of drug-likeness (QED) is 0.739. The molecule has 0 amide bonds. The van der Waals surface area contributed by atoms with Gasteiger partial charge in [0.15, 0.2) is 5.78 Å². The van der Waals surface area contributed by atoms with E-state index in [0.29, 0.717) is 16.1 Å². The highest BCUT2D eigenvalue weighted by Gasteiger charge is 2.11. The summed E-state index contributed by atoms with van der Waals surface area (Å²) in [5.41, 5.74) is 2.12. The van der Waals surface area contributed by atoms with Crippen molar-refractivity contribution in [3.8, 4) is 0 Å². The fourth-order valence-corrected chi connectivity index (χ4v) is 2.20. The van der Waals surface area contributed by atoms with Gasteiger partial charge in [-0.3, -0.25) is 4.79 Å². The molecule has 0 unspecified atom stereocenters. The zero-order valence-corrected chi connectivity index (χ0v) is 11.7. The zero-order chi connectivity index (χ0) is 14.0. The Hall–Kier alpha value is -1.38. The van der Waals surface area contributed by atoms with Gasteiger partial charge in [-0.1, -0.05) is 35.3 Å². The maximum atomic E-state index is 13.0. The monoisotopic (exact) mass is 296 g/mol. The van der Waals surface area contributed by atoms with Gasteiger partial charge in [-0.25, -0.2) is 4.39 Å². The molecule has 0 N–H and O–H groups in total. The number of benzene rings is 2. The topological polar surface area (TPSA) is 17.1 Å². The van der Waals surface area contributed by atoms with Crippen molar-refractivity contribution in [3.63, 3.8) is 0 Å². The second-order valence-electron chi connectivity index (χ2n) is 4.31. The number of carbonyl (C=O) groups is 1. The molecule has 0 atom stereocenters. The molecule has 0 bridgehead atoms. The van der Waals surface area contributed by atoms with Crippen LogP contribution in [0.4, 0.5) is 4.39 Å². The SMILES string of the molecule is Cc1ccc(Cl)cc1C(=O)Cc1ccc(F)c(Cl)c1. The van der Waals surface area contributed by atoms with E-state index >= 15 is 0 Å². The van der Waals surface area contributed by atoms with Crippen molar-refractivity contribution < 1.29 is 9.18 Å². The second-order valence-corrected chi connectivity index (χ2v) is 5.15. The van der Waals surface area contributed by atoms with Crippen LogP contribution in [0.25, 0.3) is 0 Å². The van der Waals surface area contributed by atoms with E-state index in [1.165, 1.54) is 12.1 Å². The number of ketones is 1. The van der Waals surface area contributed by atoms with Gasteiger partial charge in [0.1, 0.15) is 5.82 Å². The summed E-state index contributed by atoms with van der Waals surface area (Å²) < 4.78 is 13.0. The molecule has 98 valence electrons. The molecule has 0 aliphatic heterocycles. The highest BCUT2D eigenvalue weighted by atomic mass is 35.5. The molecule has 19 heavy (non-hydrogen) atoms. The Morgan fingerprint density at radius 1 is 1.16 bits per heavy atom. The molecule has 0 fully saturated rings. The van der Waals surface area contributed by atoms with Crippen molar-refractivity contribution in [3.05, 3.63) is 69.0 Å². The Morgan fingerprint density at radius 2 is 1.89 bits per heavy atom. The van der Waals surface area contributed by atoms with Crippen molar-refractivity contribution in [2.45, 2.75) is 13.3 Å². The Kier molecular flexibility index (Phi) is 4.23. The van der Waals surface area contributed by atoms with E-state index in [-0.39, 0.29) is 17.2 Å². The van der Waals surface area contributed by atoms with E-state index in [0.717, 1.165) is 5.56 Å². The maximum Gasteiger partial charge on any atom is 0.167 e. The van der Waals surface area contributed by atoms with E-state index in [2.05, 4.69) is 0 Å². The summed E-state index contributed by atoms with van der Waals surface area (Å²) in [6.07, 6.45) is 0.168. The molecule has 0 radical (unpaired) electrons. The molecule has 1 nitrogen and oxygen atoms in total. The first kappa shape index (κ1) is 14.0. The predicted molar refractivity (Wildman–Crippen MR) is 75.6 cm³/mol. The first-order valence-electron chi connectivity index (χ1n) is 5.70. The van der Waals surface area contributed by atoms with E-state index in [9.17, 15) is 9.18 Å². The van der Waals surface area contributed by atoms with Gasteiger partial charge in [0.25, 0.3) is 0 Å². The largest absolute Gasteiger partial charge is 0.294 e. The molecule has 0 aromatic heterocycles. The molecule has 2 rings (SSSR count).